The summed E-state index contributed by atoms with van der Waals surface area (Å²) in [6.45, 7) is 6.88. The first-order valence-electron chi connectivity index (χ1n) is 10.2. The van der Waals surface area contributed by atoms with Gasteiger partial charge in [0.05, 0.1) is 10.6 Å². The lowest BCUT2D eigenvalue weighted by molar-refractivity contribution is 0.0512. The molecule has 0 aliphatic heterocycles. The second kappa shape index (κ2) is 9.03. The SMILES string of the molecule is CC(C)(C)OC(=O)NCC1CCC(CNC(=O)c2c(N)sc3ccccc23)CC1. The van der Waals surface area contributed by atoms with E-state index in [1.165, 1.54) is 11.3 Å². The number of fused-ring (bicyclic) bond motifs is 1. The molecular weight excluding hydrogens is 386 g/mol. The van der Waals surface area contributed by atoms with Gasteiger partial charge in [0, 0.05) is 23.2 Å². The van der Waals surface area contributed by atoms with Gasteiger partial charge >= 0.3 is 6.09 Å². The molecule has 0 atom stereocenters. The Hall–Kier alpha value is -2.28. The number of hydrogen-bond acceptors (Lipinski definition) is 5. The number of nitrogens with two attached hydrogens (primary N) is 1. The van der Waals surface area contributed by atoms with Crippen molar-refractivity contribution in [2.45, 2.75) is 52.1 Å². The summed E-state index contributed by atoms with van der Waals surface area (Å²) >= 11 is 1.45. The summed E-state index contributed by atoms with van der Waals surface area (Å²) in [6.07, 6.45) is 3.81. The monoisotopic (exact) mass is 417 g/mol. The molecule has 3 rings (SSSR count). The number of nitrogens with one attached hydrogen (secondary N) is 2. The van der Waals surface area contributed by atoms with Crippen LogP contribution in [0.15, 0.2) is 24.3 Å². The summed E-state index contributed by atoms with van der Waals surface area (Å²) in [4.78, 5) is 24.5. The molecule has 1 aromatic carbocycles. The van der Waals surface area contributed by atoms with Gasteiger partial charge in [0.2, 0.25) is 0 Å². The van der Waals surface area contributed by atoms with Crippen molar-refractivity contribution in [3.63, 3.8) is 0 Å². The fraction of sp³-hybridized carbons (Fsp3) is 0.545. The Morgan fingerprint density at radius 2 is 1.66 bits per heavy atom. The number of rotatable bonds is 5. The van der Waals surface area contributed by atoms with Crippen LogP contribution in [-0.4, -0.2) is 30.7 Å². The van der Waals surface area contributed by atoms with Crippen molar-refractivity contribution in [3.8, 4) is 0 Å². The van der Waals surface area contributed by atoms with E-state index in [-0.39, 0.29) is 12.0 Å². The zero-order valence-corrected chi connectivity index (χ0v) is 18.2. The van der Waals surface area contributed by atoms with Crippen LogP contribution in [0.3, 0.4) is 0 Å². The Bertz CT molecular complexity index is 864. The van der Waals surface area contributed by atoms with E-state index in [1.807, 2.05) is 45.0 Å². The van der Waals surface area contributed by atoms with Gasteiger partial charge in [-0.05, 0) is 64.4 Å². The summed E-state index contributed by atoms with van der Waals surface area (Å²) in [5.74, 6) is 0.836. The van der Waals surface area contributed by atoms with Gasteiger partial charge in [0.25, 0.3) is 5.91 Å². The van der Waals surface area contributed by atoms with Crippen molar-refractivity contribution in [1.29, 1.82) is 0 Å². The van der Waals surface area contributed by atoms with Crippen molar-refractivity contribution in [2.75, 3.05) is 18.8 Å². The Labute approximate surface area is 176 Å². The topological polar surface area (TPSA) is 93.5 Å². The lowest BCUT2D eigenvalue weighted by atomic mass is 9.82. The molecule has 0 saturated heterocycles. The van der Waals surface area contributed by atoms with Crippen molar-refractivity contribution >= 4 is 38.4 Å². The van der Waals surface area contributed by atoms with E-state index in [2.05, 4.69) is 10.6 Å². The number of alkyl carbamates (subject to hydrolysis) is 1. The van der Waals surface area contributed by atoms with Gasteiger partial charge in [0.15, 0.2) is 0 Å². The molecule has 29 heavy (non-hydrogen) atoms. The number of anilines is 1. The van der Waals surface area contributed by atoms with Gasteiger partial charge in [-0.1, -0.05) is 18.2 Å². The molecule has 6 nitrogen and oxygen atoms in total. The van der Waals surface area contributed by atoms with Crippen LogP contribution in [0.2, 0.25) is 0 Å². The molecule has 7 heteroatoms. The Kier molecular flexibility index (Phi) is 6.67. The number of ether oxygens (including phenoxy) is 1. The van der Waals surface area contributed by atoms with E-state index in [9.17, 15) is 9.59 Å². The molecule has 0 unspecified atom stereocenters. The maximum atomic E-state index is 12.7. The van der Waals surface area contributed by atoms with Crippen molar-refractivity contribution in [1.82, 2.24) is 10.6 Å². The minimum absolute atomic E-state index is 0.0892. The normalized spacial score (nSPS) is 19.7. The van der Waals surface area contributed by atoms with Crippen LogP contribution in [0.1, 0.15) is 56.8 Å². The third kappa shape index (κ3) is 5.85. The predicted octanol–water partition coefficient (Wildman–Crippen LogP) is 4.54. The summed E-state index contributed by atoms with van der Waals surface area (Å²) < 4.78 is 6.32. The van der Waals surface area contributed by atoms with Crippen molar-refractivity contribution in [3.05, 3.63) is 29.8 Å². The fourth-order valence-corrected chi connectivity index (χ4v) is 4.77. The molecule has 1 heterocycles. The van der Waals surface area contributed by atoms with Crippen LogP contribution < -0.4 is 16.4 Å². The van der Waals surface area contributed by atoms with Crippen molar-refractivity contribution < 1.29 is 14.3 Å². The fourth-order valence-electron chi connectivity index (χ4n) is 3.81. The highest BCUT2D eigenvalue weighted by molar-refractivity contribution is 7.23. The van der Waals surface area contributed by atoms with E-state index in [0.29, 0.717) is 35.5 Å². The van der Waals surface area contributed by atoms with Gasteiger partial charge < -0.3 is 21.1 Å². The van der Waals surface area contributed by atoms with Crippen LogP contribution >= 0.6 is 11.3 Å². The van der Waals surface area contributed by atoms with E-state index in [0.717, 1.165) is 35.8 Å². The smallest absolute Gasteiger partial charge is 0.407 e. The van der Waals surface area contributed by atoms with Crippen LogP contribution in [0.25, 0.3) is 10.1 Å². The second-order valence-corrected chi connectivity index (χ2v) is 9.90. The van der Waals surface area contributed by atoms with Gasteiger partial charge in [-0.15, -0.1) is 11.3 Å². The van der Waals surface area contributed by atoms with Crippen molar-refractivity contribution in [2.24, 2.45) is 11.8 Å². The Morgan fingerprint density at radius 3 is 2.28 bits per heavy atom. The minimum atomic E-state index is -0.475. The number of thiophene rings is 1. The van der Waals surface area contributed by atoms with Gasteiger partial charge in [0.1, 0.15) is 5.60 Å². The van der Waals surface area contributed by atoms with Crippen LogP contribution in [-0.2, 0) is 4.74 Å². The summed E-state index contributed by atoms with van der Waals surface area (Å²) in [5.41, 5.74) is 6.21. The Balaban J connectivity index is 1.42. The highest BCUT2D eigenvalue weighted by Gasteiger charge is 2.24. The maximum absolute atomic E-state index is 12.7. The molecule has 2 amide bonds. The summed E-state index contributed by atoms with van der Waals surface area (Å²) in [5, 5.41) is 7.44. The Morgan fingerprint density at radius 1 is 1.07 bits per heavy atom. The van der Waals surface area contributed by atoms with Crippen LogP contribution in [0.5, 0.6) is 0 Å². The van der Waals surface area contributed by atoms with E-state index < -0.39 is 5.60 Å². The average molecular weight is 418 g/mol. The minimum Gasteiger partial charge on any atom is -0.444 e. The largest absolute Gasteiger partial charge is 0.444 e. The number of carbonyl (C=O) groups is 2. The molecular formula is C22H31N3O3S. The predicted molar refractivity (Wildman–Crippen MR) is 118 cm³/mol. The number of amides is 2. The van der Waals surface area contributed by atoms with Crippen LogP contribution in [0.4, 0.5) is 9.80 Å². The first kappa shape index (κ1) is 21.4. The average Bonchev–Trinajstić information content (AvgIpc) is 2.99. The number of hydrogen-bond donors (Lipinski definition) is 3. The molecule has 1 aromatic heterocycles. The van der Waals surface area contributed by atoms with Gasteiger partial charge in [-0.2, -0.15) is 0 Å². The molecule has 0 radical (unpaired) electrons. The molecule has 1 fully saturated rings. The molecule has 1 aliphatic carbocycles. The molecule has 4 N–H and O–H groups in total. The van der Waals surface area contributed by atoms with E-state index in [4.69, 9.17) is 10.5 Å². The molecule has 1 aliphatic rings. The van der Waals surface area contributed by atoms with Gasteiger partial charge in [-0.3, -0.25) is 4.79 Å². The third-order valence-electron chi connectivity index (χ3n) is 5.30. The quantitative estimate of drug-likeness (QED) is 0.665. The van der Waals surface area contributed by atoms with Crippen LogP contribution in [0, 0.1) is 11.8 Å². The van der Waals surface area contributed by atoms with E-state index in [1.54, 1.807) is 0 Å². The lowest BCUT2D eigenvalue weighted by Gasteiger charge is -2.29. The first-order valence-corrected chi connectivity index (χ1v) is 11.1. The summed E-state index contributed by atoms with van der Waals surface area (Å²) in [6, 6.07) is 7.81. The lowest BCUT2D eigenvalue weighted by Crippen LogP contribution is -2.37. The van der Waals surface area contributed by atoms with Gasteiger partial charge in [-0.25, -0.2) is 4.79 Å². The zero-order chi connectivity index (χ0) is 21.0. The van der Waals surface area contributed by atoms with E-state index >= 15 is 0 Å². The molecule has 2 aromatic rings. The standard InChI is InChI=1S/C22H31N3O3S/c1-22(2,3)28-21(27)25-13-15-10-8-14(9-11-15)12-24-20(26)18-16-6-4-5-7-17(16)29-19(18)23/h4-7,14-15H,8-13,23H2,1-3H3,(H,24,26)(H,25,27). The number of nitrogen functional groups attached to an aromatic ring is 1. The molecule has 0 bridgehead atoms. The zero-order valence-electron chi connectivity index (χ0n) is 17.4. The molecule has 158 valence electrons. The number of benzene rings is 1. The highest BCUT2D eigenvalue weighted by atomic mass is 32.1. The molecule has 1 saturated carbocycles. The number of carbonyl (C=O) groups excluding carboxylic acids is 2. The molecule has 0 spiro atoms. The second-order valence-electron chi connectivity index (χ2n) is 8.82. The third-order valence-corrected chi connectivity index (χ3v) is 6.30. The summed E-state index contributed by atoms with van der Waals surface area (Å²) in [7, 11) is 0. The highest BCUT2D eigenvalue weighted by Crippen LogP contribution is 2.33. The maximum Gasteiger partial charge on any atom is 0.407 e. The first-order chi connectivity index (χ1) is 13.7.